The molecule has 14 heteroatoms. The molecule has 0 aliphatic carbocycles. The molecule has 1 atom stereocenters. The molecule has 2 aromatic carbocycles. The summed E-state index contributed by atoms with van der Waals surface area (Å²) < 4.78 is 40.4. The number of halogens is 4. The summed E-state index contributed by atoms with van der Waals surface area (Å²) in [7, 11) is 0. The van der Waals surface area contributed by atoms with Gasteiger partial charge in [0.1, 0.15) is 5.75 Å². The first-order valence-electron chi connectivity index (χ1n) is 9.93. The first kappa shape index (κ1) is 25.6. The van der Waals surface area contributed by atoms with Gasteiger partial charge in [-0.15, -0.1) is 23.4 Å². The number of hydrogen-bond donors (Lipinski definition) is 3. The predicted molar refractivity (Wildman–Crippen MR) is 118 cm³/mol. The van der Waals surface area contributed by atoms with Crippen molar-refractivity contribution in [3.63, 3.8) is 0 Å². The zero-order valence-corrected chi connectivity index (χ0v) is 18.8. The summed E-state index contributed by atoms with van der Waals surface area (Å²) in [4.78, 5) is 11.3. The van der Waals surface area contributed by atoms with Crippen LogP contribution in [0.25, 0.3) is 5.69 Å². The number of alkyl halides is 3. The van der Waals surface area contributed by atoms with Crippen LogP contribution in [-0.4, -0.2) is 47.8 Å². The fourth-order valence-electron chi connectivity index (χ4n) is 2.85. The maximum atomic E-state index is 11.8. The number of benzene rings is 2. The highest BCUT2D eigenvalue weighted by atomic mass is 35.5. The molecule has 0 saturated carbocycles. The SMILES string of the molecule is C[C@@H](N)c1ccc(OC(F)(F)F)cc1.O=C(O)c1nn(-c2ccc(Cl)cc2)cc1Cc1nn[nH]n1. The van der Waals surface area contributed by atoms with Gasteiger partial charge in [0.15, 0.2) is 11.5 Å². The molecule has 4 rings (SSSR count). The van der Waals surface area contributed by atoms with Crippen molar-refractivity contribution in [2.75, 3.05) is 0 Å². The fourth-order valence-corrected chi connectivity index (χ4v) is 2.97. The standard InChI is InChI=1S/C12H9ClN6O2.C9H10F3NO/c13-8-1-3-9(4-2-8)19-6-7(11(16-19)12(20)21)5-10-14-17-18-15-10;1-6(13)7-2-4-8(5-3-7)14-9(10,11)12/h1-4,6H,5H2,(H,20,21)(H,14,15,17,18);2-6H,13H2,1H3/t;6-/m.1/s1. The fraction of sp³-hybridized carbons (Fsp3) is 0.190. The number of carboxylic acids is 1. The average Bonchev–Trinajstić information content (AvgIpc) is 3.44. The van der Waals surface area contributed by atoms with Crippen LogP contribution in [0.15, 0.2) is 54.7 Å². The van der Waals surface area contributed by atoms with Gasteiger partial charge in [-0.25, -0.2) is 9.48 Å². The molecule has 0 unspecified atom stereocenters. The molecule has 35 heavy (non-hydrogen) atoms. The third-order valence-electron chi connectivity index (χ3n) is 4.46. The quantitative estimate of drug-likeness (QED) is 0.354. The molecule has 4 N–H and O–H groups in total. The molecular weight excluding hydrogens is 491 g/mol. The number of H-pyrrole nitrogens is 1. The van der Waals surface area contributed by atoms with Crippen LogP contribution in [-0.2, 0) is 6.42 Å². The zero-order valence-electron chi connectivity index (χ0n) is 18.1. The Hall–Kier alpha value is -3.97. The Kier molecular flexibility index (Phi) is 8.04. The van der Waals surface area contributed by atoms with Crippen LogP contribution < -0.4 is 10.5 Å². The Bertz CT molecular complexity index is 1240. The molecule has 0 radical (unpaired) electrons. The Balaban J connectivity index is 0.000000214. The molecule has 2 heterocycles. The second-order valence-corrected chi connectivity index (χ2v) is 7.58. The summed E-state index contributed by atoms with van der Waals surface area (Å²) in [5.41, 5.74) is 7.45. The van der Waals surface area contributed by atoms with E-state index in [-0.39, 0.29) is 23.9 Å². The van der Waals surface area contributed by atoms with Gasteiger partial charge < -0.3 is 15.6 Å². The highest BCUT2D eigenvalue weighted by molar-refractivity contribution is 6.30. The number of aromatic carboxylic acids is 1. The van der Waals surface area contributed by atoms with E-state index in [4.69, 9.17) is 17.3 Å². The number of hydrogen-bond acceptors (Lipinski definition) is 7. The first-order valence-corrected chi connectivity index (χ1v) is 10.3. The van der Waals surface area contributed by atoms with E-state index in [1.165, 1.54) is 28.9 Å². The van der Waals surface area contributed by atoms with Crippen LogP contribution >= 0.6 is 11.6 Å². The largest absolute Gasteiger partial charge is 0.573 e. The molecule has 4 aromatic rings. The van der Waals surface area contributed by atoms with Crippen LogP contribution in [0.2, 0.25) is 5.02 Å². The molecule has 0 amide bonds. The van der Waals surface area contributed by atoms with Crippen LogP contribution in [0.5, 0.6) is 5.75 Å². The van der Waals surface area contributed by atoms with Gasteiger partial charge in [0.2, 0.25) is 0 Å². The van der Waals surface area contributed by atoms with Crippen molar-refractivity contribution in [2.45, 2.75) is 25.7 Å². The summed E-state index contributed by atoms with van der Waals surface area (Å²) in [6, 6.07) is 12.2. The molecule has 0 fully saturated rings. The molecule has 184 valence electrons. The number of tetrazole rings is 1. The van der Waals surface area contributed by atoms with Gasteiger partial charge in [-0.3, -0.25) is 0 Å². The minimum absolute atomic E-state index is 0.0465. The van der Waals surface area contributed by atoms with E-state index in [0.717, 1.165) is 5.56 Å². The van der Waals surface area contributed by atoms with Gasteiger partial charge in [-0.1, -0.05) is 28.9 Å². The Labute approximate surface area is 201 Å². The van der Waals surface area contributed by atoms with Crippen molar-refractivity contribution >= 4 is 17.6 Å². The van der Waals surface area contributed by atoms with E-state index in [9.17, 15) is 23.1 Å². The monoisotopic (exact) mass is 509 g/mol. The van der Waals surface area contributed by atoms with E-state index in [1.807, 2.05) is 0 Å². The molecule has 0 spiro atoms. The van der Waals surface area contributed by atoms with Crippen molar-refractivity contribution in [3.05, 3.63) is 82.4 Å². The molecule has 10 nitrogen and oxygen atoms in total. The van der Waals surface area contributed by atoms with Crippen LogP contribution in [0, 0.1) is 0 Å². The third kappa shape index (κ3) is 7.52. The maximum absolute atomic E-state index is 11.8. The second kappa shape index (κ2) is 11.0. The van der Waals surface area contributed by atoms with Crippen molar-refractivity contribution in [1.82, 2.24) is 30.4 Å². The number of nitrogens with one attached hydrogen (secondary N) is 1. The molecule has 2 aromatic heterocycles. The van der Waals surface area contributed by atoms with Gasteiger partial charge in [-0.2, -0.15) is 10.3 Å². The highest BCUT2D eigenvalue weighted by Gasteiger charge is 2.31. The predicted octanol–water partition coefficient (Wildman–Crippen LogP) is 3.93. The van der Waals surface area contributed by atoms with Crippen LogP contribution in [0.4, 0.5) is 13.2 Å². The number of carboxylic acid groups (broad SMARTS) is 1. The maximum Gasteiger partial charge on any atom is 0.573 e. The van der Waals surface area contributed by atoms with E-state index < -0.39 is 12.3 Å². The molecular formula is C21H19ClF3N7O3. The number of aromatic nitrogens is 6. The molecule has 0 bridgehead atoms. The normalized spacial score (nSPS) is 11.9. The highest BCUT2D eigenvalue weighted by Crippen LogP contribution is 2.23. The number of rotatable bonds is 6. The minimum Gasteiger partial charge on any atom is -0.476 e. The lowest BCUT2D eigenvalue weighted by Gasteiger charge is -2.10. The summed E-state index contributed by atoms with van der Waals surface area (Å²) >= 11 is 5.83. The minimum atomic E-state index is -4.64. The van der Waals surface area contributed by atoms with Crippen molar-refractivity contribution < 1.29 is 27.8 Å². The number of aromatic amines is 1. The van der Waals surface area contributed by atoms with Gasteiger partial charge in [0.05, 0.1) is 5.69 Å². The van der Waals surface area contributed by atoms with Crippen LogP contribution in [0.1, 0.15) is 40.4 Å². The van der Waals surface area contributed by atoms with E-state index in [2.05, 4.69) is 30.5 Å². The van der Waals surface area contributed by atoms with E-state index >= 15 is 0 Å². The molecule has 0 aliphatic rings. The molecule has 0 aliphatic heterocycles. The molecule has 0 saturated heterocycles. The summed E-state index contributed by atoms with van der Waals surface area (Å²) in [6.45, 7) is 1.75. The Morgan fingerprint density at radius 2 is 1.86 bits per heavy atom. The van der Waals surface area contributed by atoms with E-state index in [0.29, 0.717) is 22.1 Å². The number of carbonyl (C=O) groups is 1. The lowest BCUT2D eigenvalue weighted by molar-refractivity contribution is -0.274. The van der Waals surface area contributed by atoms with Crippen molar-refractivity contribution in [1.29, 1.82) is 0 Å². The summed E-state index contributed by atoms with van der Waals surface area (Å²) in [5.74, 6) is -0.948. The topological polar surface area (TPSA) is 145 Å². The van der Waals surface area contributed by atoms with E-state index in [1.54, 1.807) is 37.4 Å². The van der Waals surface area contributed by atoms with Crippen molar-refractivity contribution in [3.8, 4) is 11.4 Å². The number of nitrogens with zero attached hydrogens (tertiary/aromatic N) is 5. The summed E-state index contributed by atoms with van der Waals surface area (Å²) in [6.07, 6.45) is -2.79. The van der Waals surface area contributed by atoms with Crippen molar-refractivity contribution in [2.24, 2.45) is 5.73 Å². The third-order valence-corrected chi connectivity index (χ3v) is 4.71. The van der Waals surface area contributed by atoms with Crippen LogP contribution in [0.3, 0.4) is 0 Å². The second-order valence-electron chi connectivity index (χ2n) is 7.14. The lowest BCUT2D eigenvalue weighted by Crippen LogP contribution is -2.17. The number of ether oxygens (including phenoxy) is 1. The Morgan fingerprint density at radius 1 is 1.20 bits per heavy atom. The van der Waals surface area contributed by atoms with Gasteiger partial charge in [-0.05, 0) is 48.9 Å². The number of nitrogens with two attached hydrogens (primary N) is 1. The van der Waals surface area contributed by atoms with Gasteiger partial charge >= 0.3 is 12.3 Å². The Morgan fingerprint density at radius 3 is 2.37 bits per heavy atom. The lowest BCUT2D eigenvalue weighted by atomic mass is 10.1. The van der Waals surface area contributed by atoms with Gasteiger partial charge in [0.25, 0.3) is 0 Å². The summed E-state index contributed by atoms with van der Waals surface area (Å²) in [5, 5.41) is 27.3. The van der Waals surface area contributed by atoms with Gasteiger partial charge in [0, 0.05) is 29.2 Å². The first-order chi connectivity index (χ1) is 16.5. The smallest absolute Gasteiger partial charge is 0.476 e. The zero-order chi connectivity index (χ0) is 25.6. The average molecular weight is 510 g/mol.